The van der Waals surface area contributed by atoms with Crippen LogP contribution in [0.2, 0.25) is 0 Å². The van der Waals surface area contributed by atoms with Crippen molar-refractivity contribution in [1.29, 1.82) is 0 Å². The smallest absolute Gasteiger partial charge is 0.134 e. The minimum atomic E-state index is -0.242. The van der Waals surface area contributed by atoms with Crippen LogP contribution in [0.15, 0.2) is 22.7 Å². The monoisotopic (exact) mass is 370 g/mol. The lowest BCUT2D eigenvalue weighted by Crippen LogP contribution is -2.18. The second-order valence-electron chi connectivity index (χ2n) is 5.92. The van der Waals surface area contributed by atoms with Gasteiger partial charge in [0.1, 0.15) is 10.8 Å². The molecule has 5 heteroatoms. The number of halogens is 2. The molecule has 1 aromatic heterocycles. The molecule has 114 valence electrons. The summed E-state index contributed by atoms with van der Waals surface area (Å²) in [4.78, 5) is 5.91. The van der Waals surface area contributed by atoms with Crippen LogP contribution in [0.1, 0.15) is 38.3 Å². The van der Waals surface area contributed by atoms with Gasteiger partial charge in [0.25, 0.3) is 0 Å². The van der Waals surface area contributed by atoms with Gasteiger partial charge in [-0.2, -0.15) is 0 Å². The van der Waals surface area contributed by atoms with Crippen LogP contribution in [0.3, 0.4) is 0 Å². The van der Waals surface area contributed by atoms with Gasteiger partial charge < -0.3 is 5.32 Å². The topological polar surface area (TPSA) is 24.9 Å². The van der Waals surface area contributed by atoms with Crippen molar-refractivity contribution in [2.75, 3.05) is 6.54 Å². The number of nitrogens with zero attached hydrogens (tertiary/aromatic N) is 1. The van der Waals surface area contributed by atoms with Crippen LogP contribution >= 0.6 is 27.3 Å². The van der Waals surface area contributed by atoms with Crippen LogP contribution in [0, 0.1) is 5.82 Å². The van der Waals surface area contributed by atoms with E-state index in [-0.39, 0.29) is 11.2 Å². The highest BCUT2D eigenvalue weighted by Gasteiger charge is 2.25. The predicted molar refractivity (Wildman–Crippen MR) is 91.3 cm³/mol. The normalized spacial score (nSPS) is 11.9. The molecule has 2 rings (SSSR count). The molecule has 0 amide bonds. The molecule has 0 saturated carbocycles. The average Bonchev–Trinajstić information content (AvgIpc) is 2.80. The number of thiazole rings is 1. The molecule has 2 nitrogen and oxygen atoms in total. The molecule has 0 spiro atoms. The Morgan fingerprint density at radius 2 is 2.05 bits per heavy atom. The third-order valence-corrected chi connectivity index (χ3v) is 4.85. The number of benzene rings is 1. The van der Waals surface area contributed by atoms with Crippen molar-refractivity contribution in [3.63, 3.8) is 0 Å². The highest BCUT2D eigenvalue weighted by Crippen LogP contribution is 2.38. The Bertz CT molecular complexity index is 611. The second kappa shape index (κ2) is 6.55. The maximum Gasteiger partial charge on any atom is 0.134 e. The van der Waals surface area contributed by atoms with Gasteiger partial charge in [0.15, 0.2) is 0 Å². The Labute approximate surface area is 137 Å². The SMILES string of the molecule is CCNCc1sc(-c2c(F)cccc2Br)nc1C(C)(C)C. The number of rotatable bonds is 4. The number of hydrogen-bond acceptors (Lipinski definition) is 3. The van der Waals surface area contributed by atoms with Gasteiger partial charge >= 0.3 is 0 Å². The van der Waals surface area contributed by atoms with Crippen LogP contribution in [-0.2, 0) is 12.0 Å². The first-order valence-corrected chi connectivity index (χ1v) is 8.60. The van der Waals surface area contributed by atoms with Gasteiger partial charge in [-0.25, -0.2) is 9.37 Å². The minimum absolute atomic E-state index is 0.0583. The van der Waals surface area contributed by atoms with E-state index in [1.54, 1.807) is 17.4 Å². The van der Waals surface area contributed by atoms with E-state index in [0.717, 1.165) is 28.3 Å². The number of aromatic nitrogens is 1. The molecular weight excluding hydrogens is 351 g/mol. The molecule has 0 radical (unpaired) electrons. The minimum Gasteiger partial charge on any atom is -0.312 e. The van der Waals surface area contributed by atoms with E-state index < -0.39 is 0 Å². The van der Waals surface area contributed by atoms with Crippen LogP contribution < -0.4 is 5.32 Å². The molecule has 0 bridgehead atoms. The quantitative estimate of drug-likeness (QED) is 0.807. The molecule has 1 heterocycles. The molecule has 0 aliphatic heterocycles. The van der Waals surface area contributed by atoms with E-state index in [0.29, 0.717) is 5.56 Å². The van der Waals surface area contributed by atoms with Crippen molar-refractivity contribution in [3.05, 3.63) is 39.1 Å². The van der Waals surface area contributed by atoms with Crippen LogP contribution in [0.5, 0.6) is 0 Å². The Morgan fingerprint density at radius 3 is 2.62 bits per heavy atom. The van der Waals surface area contributed by atoms with Gasteiger partial charge in [0, 0.05) is 21.3 Å². The molecule has 0 saturated heterocycles. The fourth-order valence-electron chi connectivity index (χ4n) is 2.11. The summed E-state index contributed by atoms with van der Waals surface area (Å²) >= 11 is 5.00. The fourth-order valence-corrected chi connectivity index (χ4v) is 4.07. The lowest BCUT2D eigenvalue weighted by molar-refractivity contribution is 0.561. The van der Waals surface area contributed by atoms with Gasteiger partial charge in [0.2, 0.25) is 0 Å². The maximum absolute atomic E-state index is 14.1. The average molecular weight is 371 g/mol. The van der Waals surface area contributed by atoms with Crippen molar-refractivity contribution in [2.45, 2.75) is 39.7 Å². The third-order valence-electron chi connectivity index (χ3n) is 3.12. The van der Waals surface area contributed by atoms with Crippen molar-refractivity contribution >= 4 is 27.3 Å². The third kappa shape index (κ3) is 3.71. The first-order valence-electron chi connectivity index (χ1n) is 7.00. The van der Waals surface area contributed by atoms with Gasteiger partial charge in [-0.1, -0.05) is 33.8 Å². The van der Waals surface area contributed by atoms with Crippen molar-refractivity contribution < 1.29 is 4.39 Å². The summed E-state index contributed by atoms with van der Waals surface area (Å²) in [6, 6.07) is 5.02. The Hall–Kier alpha value is -0.780. The summed E-state index contributed by atoms with van der Waals surface area (Å²) in [6.07, 6.45) is 0. The molecular formula is C16H20BrFN2S. The van der Waals surface area contributed by atoms with E-state index in [2.05, 4.69) is 48.9 Å². The van der Waals surface area contributed by atoms with Crippen molar-refractivity contribution in [2.24, 2.45) is 0 Å². The summed E-state index contributed by atoms with van der Waals surface area (Å²) < 4.78 is 14.9. The van der Waals surface area contributed by atoms with Gasteiger partial charge in [-0.3, -0.25) is 0 Å². The van der Waals surface area contributed by atoms with Gasteiger partial charge in [-0.05, 0) is 34.6 Å². The van der Waals surface area contributed by atoms with E-state index in [1.165, 1.54) is 10.9 Å². The molecule has 1 aromatic carbocycles. The lowest BCUT2D eigenvalue weighted by Gasteiger charge is -2.17. The number of nitrogens with one attached hydrogen (secondary N) is 1. The van der Waals surface area contributed by atoms with E-state index in [1.807, 2.05) is 6.07 Å². The standard InChI is InChI=1S/C16H20BrFN2S/c1-5-19-9-12-14(16(2,3)4)20-15(21-12)13-10(17)7-6-8-11(13)18/h6-8,19H,5,9H2,1-4H3. The van der Waals surface area contributed by atoms with E-state index in [4.69, 9.17) is 4.98 Å². The Balaban J connectivity index is 2.53. The molecule has 2 aromatic rings. The largest absolute Gasteiger partial charge is 0.312 e. The summed E-state index contributed by atoms with van der Waals surface area (Å²) in [6.45, 7) is 10.2. The summed E-state index contributed by atoms with van der Waals surface area (Å²) in [5, 5.41) is 4.07. The predicted octanol–water partition coefficient (Wildman–Crippen LogP) is 5.12. The second-order valence-corrected chi connectivity index (χ2v) is 7.86. The summed E-state index contributed by atoms with van der Waals surface area (Å²) in [5.74, 6) is -0.242. The molecule has 0 aliphatic carbocycles. The first-order chi connectivity index (χ1) is 9.84. The van der Waals surface area contributed by atoms with Crippen LogP contribution in [-0.4, -0.2) is 11.5 Å². The van der Waals surface area contributed by atoms with Crippen molar-refractivity contribution in [3.8, 4) is 10.6 Å². The maximum atomic E-state index is 14.1. The number of hydrogen-bond donors (Lipinski definition) is 1. The zero-order valence-corrected chi connectivity index (χ0v) is 15.2. The van der Waals surface area contributed by atoms with Gasteiger partial charge in [0.05, 0.1) is 11.3 Å². The highest BCUT2D eigenvalue weighted by molar-refractivity contribution is 9.10. The van der Waals surface area contributed by atoms with E-state index >= 15 is 0 Å². The van der Waals surface area contributed by atoms with Gasteiger partial charge in [-0.15, -0.1) is 11.3 Å². The first kappa shape index (κ1) is 16.6. The molecule has 0 unspecified atom stereocenters. The lowest BCUT2D eigenvalue weighted by atomic mass is 9.91. The van der Waals surface area contributed by atoms with Crippen LogP contribution in [0.4, 0.5) is 4.39 Å². The molecule has 0 aliphatic rings. The molecule has 21 heavy (non-hydrogen) atoms. The van der Waals surface area contributed by atoms with Crippen molar-refractivity contribution in [1.82, 2.24) is 10.3 Å². The Kier molecular flexibility index (Phi) is 5.17. The molecule has 1 N–H and O–H groups in total. The summed E-state index contributed by atoms with van der Waals surface area (Å²) in [5.41, 5.74) is 1.53. The zero-order chi connectivity index (χ0) is 15.6. The fraction of sp³-hybridized carbons (Fsp3) is 0.438. The highest BCUT2D eigenvalue weighted by atomic mass is 79.9. The van der Waals surface area contributed by atoms with Crippen LogP contribution in [0.25, 0.3) is 10.6 Å². The molecule has 0 atom stereocenters. The summed E-state index contributed by atoms with van der Waals surface area (Å²) in [7, 11) is 0. The van der Waals surface area contributed by atoms with E-state index in [9.17, 15) is 4.39 Å². The Morgan fingerprint density at radius 1 is 1.33 bits per heavy atom. The molecule has 0 fully saturated rings. The zero-order valence-electron chi connectivity index (χ0n) is 12.8.